The minimum absolute atomic E-state index is 0.0381. The fourth-order valence-electron chi connectivity index (χ4n) is 5.66. The van der Waals surface area contributed by atoms with E-state index in [1.807, 2.05) is 0 Å². The van der Waals surface area contributed by atoms with Crippen LogP contribution in [0.2, 0.25) is 0 Å². The van der Waals surface area contributed by atoms with Gasteiger partial charge in [0.1, 0.15) is 5.82 Å². The first-order valence-corrected chi connectivity index (χ1v) is 15.3. The lowest BCUT2D eigenvalue weighted by Crippen LogP contribution is -2.47. The molecule has 41 heavy (non-hydrogen) atoms. The van der Waals surface area contributed by atoms with Gasteiger partial charge >= 0.3 is 5.97 Å². The summed E-state index contributed by atoms with van der Waals surface area (Å²) in [6.07, 6.45) is 2.32. The largest absolute Gasteiger partial charge is 0.481 e. The molecule has 1 aliphatic carbocycles. The number of hydrogen-bond donors (Lipinski definition) is 3. The van der Waals surface area contributed by atoms with Crippen molar-refractivity contribution < 1.29 is 27.8 Å². The molecule has 4 rings (SSSR count). The monoisotopic (exact) mass is 582 g/mol. The van der Waals surface area contributed by atoms with Crippen LogP contribution < -0.4 is 5.32 Å². The molecular formula is C32H39FN2O5S. The number of fused-ring (bicyclic) bond motifs is 1. The number of benzene rings is 3. The SMILES string of the molecule is CN(CC(O)CNC(C)(C)CC1Cc2ccccc2C1)S(=O)(=O)c1ccc(-c2cccc(CCC(=O)O)c2)c(F)c1. The van der Waals surface area contributed by atoms with Crippen molar-refractivity contribution >= 4 is 16.0 Å². The Morgan fingerprint density at radius 2 is 1.76 bits per heavy atom. The second-order valence-electron chi connectivity index (χ2n) is 11.7. The summed E-state index contributed by atoms with van der Waals surface area (Å²) in [4.78, 5) is 10.7. The number of hydrogen-bond acceptors (Lipinski definition) is 5. The predicted molar refractivity (Wildman–Crippen MR) is 158 cm³/mol. The number of nitrogens with zero attached hydrogens (tertiary/aromatic N) is 1. The molecule has 1 atom stereocenters. The van der Waals surface area contributed by atoms with E-state index < -0.39 is 27.9 Å². The first-order chi connectivity index (χ1) is 19.3. The van der Waals surface area contributed by atoms with Crippen LogP contribution in [-0.4, -0.2) is 60.7 Å². The zero-order valence-electron chi connectivity index (χ0n) is 23.8. The molecule has 0 radical (unpaired) electrons. The second-order valence-corrected chi connectivity index (χ2v) is 13.7. The number of rotatable bonds is 13. The predicted octanol–water partition coefficient (Wildman–Crippen LogP) is 4.66. The first kappa shape index (κ1) is 30.8. The Kier molecular flexibility index (Phi) is 9.64. The van der Waals surface area contributed by atoms with E-state index in [9.17, 15) is 18.3 Å². The number of aryl methyl sites for hydroxylation is 1. The summed E-state index contributed by atoms with van der Waals surface area (Å²) in [7, 11) is -2.67. The number of carboxylic acid groups (broad SMARTS) is 1. The molecule has 3 N–H and O–H groups in total. The minimum Gasteiger partial charge on any atom is -0.481 e. The third kappa shape index (κ3) is 8.01. The number of carbonyl (C=O) groups is 1. The molecule has 0 aliphatic heterocycles. The van der Waals surface area contributed by atoms with Crippen LogP contribution >= 0.6 is 0 Å². The van der Waals surface area contributed by atoms with Crippen molar-refractivity contribution in [2.75, 3.05) is 20.1 Å². The lowest BCUT2D eigenvalue weighted by molar-refractivity contribution is -0.136. The molecule has 0 aromatic heterocycles. The fraction of sp³-hybridized carbons (Fsp3) is 0.406. The van der Waals surface area contributed by atoms with E-state index in [2.05, 4.69) is 43.4 Å². The zero-order chi connectivity index (χ0) is 29.8. The van der Waals surface area contributed by atoms with Crippen LogP contribution in [0, 0.1) is 11.7 Å². The first-order valence-electron chi connectivity index (χ1n) is 13.9. The topological polar surface area (TPSA) is 107 Å². The van der Waals surface area contributed by atoms with Crippen LogP contribution in [-0.2, 0) is 34.1 Å². The minimum atomic E-state index is -4.04. The molecule has 0 spiro atoms. The van der Waals surface area contributed by atoms with Crippen molar-refractivity contribution in [3.05, 3.63) is 89.2 Å². The quantitative estimate of drug-likeness (QED) is 0.271. The lowest BCUT2D eigenvalue weighted by Gasteiger charge is -2.31. The van der Waals surface area contributed by atoms with Crippen LogP contribution in [0.1, 0.15) is 43.4 Å². The molecule has 0 heterocycles. The zero-order valence-corrected chi connectivity index (χ0v) is 24.6. The summed E-state index contributed by atoms with van der Waals surface area (Å²) < 4.78 is 42.5. The Hall–Kier alpha value is -3.11. The van der Waals surface area contributed by atoms with Crippen LogP contribution in [0.5, 0.6) is 0 Å². The molecule has 0 saturated heterocycles. The van der Waals surface area contributed by atoms with Gasteiger partial charge in [0.15, 0.2) is 0 Å². The van der Waals surface area contributed by atoms with Crippen LogP contribution in [0.25, 0.3) is 11.1 Å². The van der Waals surface area contributed by atoms with Gasteiger partial charge in [-0.2, -0.15) is 4.31 Å². The number of aliphatic hydroxyl groups is 1. The highest BCUT2D eigenvalue weighted by atomic mass is 32.2. The Bertz CT molecular complexity index is 1470. The van der Waals surface area contributed by atoms with Gasteiger partial charge in [-0.1, -0.05) is 54.6 Å². The Morgan fingerprint density at radius 1 is 1.07 bits per heavy atom. The number of nitrogens with one attached hydrogen (secondary N) is 1. The lowest BCUT2D eigenvalue weighted by atomic mass is 9.88. The van der Waals surface area contributed by atoms with Crippen molar-refractivity contribution in [2.45, 2.75) is 62.5 Å². The number of carboxylic acids is 1. The van der Waals surface area contributed by atoms with Gasteiger partial charge in [0.25, 0.3) is 0 Å². The van der Waals surface area contributed by atoms with Crippen molar-refractivity contribution in [3.63, 3.8) is 0 Å². The van der Waals surface area contributed by atoms with Crippen LogP contribution in [0.3, 0.4) is 0 Å². The van der Waals surface area contributed by atoms with Crippen molar-refractivity contribution in [1.82, 2.24) is 9.62 Å². The molecule has 3 aromatic rings. The maximum absolute atomic E-state index is 15.1. The number of halogens is 1. The van der Waals surface area contributed by atoms with Gasteiger partial charge in [-0.25, -0.2) is 12.8 Å². The molecule has 220 valence electrons. The number of aliphatic carboxylic acids is 1. The van der Waals surface area contributed by atoms with E-state index in [1.165, 1.54) is 30.3 Å². The standard InChI is InChI=1S/C32H39FN2O5S/c1-32(2,19-23-16-24-8-4-5-9-25(24)17-23)34-20-27(36)21-35(3)41(39,40)28-12-13-29(30(33)18-28)26-10-6-7-22(15-26)11-14-31(37)38/h4-10,12-13,15,18,23,27,34,36H,11,14,16-17,19-21H2,1-3H3,(H,37,38). The van der Waals surface area contributed by atoms with E-state index in [0.29, 0.717) is 17.9 Å². The van der Waals surface area contributed by atoms with Gasteiger partial charge in [-0.15, -0.1) is 0 Å². The number of β-amino-alcohol motifs (C(OH)–C–C–N with tert-alkyl or cyclic N) is 1. The van der Waals surface area contributed by atoms with Crippen LogP contribution in [0.15, 0.2) is 71.6 Å². The summed E-state index contributed by atoms with van der Waals surface area (Å²) in [5.74, 6) is -1.10. The van der Waals surface area contributed by atoms with Gasteiger partial charge in [0.2, 0.25) is 10.0 Å². The van der Waals surface area contributed by atoms with Crippen molar-refractivity contribution in [2.24, 2.45) is 5.92 Å². The molecule has 0 bridgehead atoms. The Balaban J connectivity index is 1.33. The average molecular weight is 583 g/mol. The molecule has 1 aliphatic rings. The third-order valence-electron chi connectivity index (χ3n) is 7.73. The summed E-state index contributed by atoms with van der Waals surface area (Å²) >= 11 is 0. The maximum atomic E-state index is 15.1. The average Bonchev–Trinajstić information content (AvgIpc) is 3.32. The number of aliphatic hydroxyl groups excluding tert-OH is 1. The van der Waals surface area contributed by atoms with Crippen LogP contribution in [0.4, 0.5) is 4.39 Å². The molecule has 0 saturated carbocycles. The molecule has 1 unspecified atom stereocenters. The summed E-state index contributed by atoms with van der Waals surface area (Å²) in [6, 6.07) is 19.1. The molecule has 3 aromatic carbocycles. The van der Waals surface area contributed by atoms with E-state index in [0.717, 1.165) is 35.2 Å². The fourth-order valence-corrected chi connectivity index (χ4v) is 6.88. The van der Waals surface area contributed by atoms with Gasteiger partial charge in [-0.05, 0) is 79.8 Å². The summed E-state index contributed by atoms with van der Waals surface area (Å²) in [5.41, 5.74) is 4.06. The van der Waals surface area contributed by atoms with E-state index in [1.54, 1.807) is 24.3 Å². The van der Waals surface area contributed by atoms with Gasteiger partial charge in [0, 0.05) is 37.7 Å². The molecule has 9 heteroatoms. The number of likely N-dealkylation sites (N-methyl/N-ethyl adjacent to an activating group) is 1. The highest BCUT2D eigenvalue weighted by Gasteiger charge is 2.29. The van der Waals surface area contributed by atoms with Gasteiger partial charge < -0.3 is 15.5 Å². The molecule has 7 nitrogen and oxygen atoms in total. The number of sulfonamides is 1. The maximum Gasteiger partial charge on any atom is 0.303 e. The second kappa shape index (κ2) is 12.8. The van der Waals surface area contributed by atoms with E-state index in [-0.39, 0.29) is 35.5 Å². The van der Waals surface area contributed by atoms with E-state index >= 15 is 4.39 Å². The van der Waals surface area contributed by atoms with Gasteiger partial charge in [-0.3, -0.25) is 4.79 Å². The van der Waals surface area contributed by atoms with E-state index in [4.69, 9.17) is 5.11 Å². The highest BCUT2D eigenvalue weighted by Crippen LogP contribution is 2.32. The Labute approximate surface area is 242 Å². The van der Waals surface area contributed by atoms with Crippen molar-refractivity contribution in [1.29, 1.82) is 0 Å². The molecule has 0 amide bonds. The molecular weight excluding hydrogens is 543 g/mol. The summed E-state index contributed by atoms with van der Waals surface area (Å²) in [6.45, 7) is 4.26. The normalized spacial score (nSPS) is 14.8. The van der Waals surface area contributed by atoms with Crippen molar-refractivity contribution in [3.8, 4) is 11.1 Å². The highest BCUT2D eigenvalue weighted by molar-refractivity contribution is 7.89. The smallest absolute Gasteiger partial charge is 0.303 e. The summed E-state index contributed by atoms with van der Waals surface area (Å²) in [5, 5.41) is 23.0. The third-order valence-corrected chi connectivity index (χ3v) is 9.55. The molecule has 0 fully saturated rings. The Morgan fingerprint density at radius 3 is 2.39 bits per heavy atom. The van der Waals surface area contributed by atoms with Gasteiger partial charge in [0.05, 0.1) is 11.0 Å².